The van der Waals surface area contributed by atoms with Gasteiger partial charge in [0.1, 0.15) is 5.84 Å². The molecule has 3 aliphatic heterocycles. The van der Waals surface area contributed by atoms with Crippen molar-refractivity contribution in [3.05, 3.63) is 52.9 Å². The molecule has 0 aliphatic carbocycles. The maximum atomic E-state index is 13.9. The summed E-state index contributed by atoms with van der Waals surface area (Å²) in [6, 6.07) is 8.69. The lowest BCUT2D eigenvalue weighted by atomic mass is 9.88. The molecule has 1 N–H and O–H groups in total. The van der Waals surface area contributed by atoms with Crippen LogP contribution < -0.4 is 10.2 Å². The van der Waals surface area contributed by atoms with Crippen LogP contribution in [0.4, 0.5) is 5.69 Å². The Kier molecular flexibility index (Phi) is 8.65. The van der Waals surface area contributed by atoms with E-state index in [4.69, 9.17) is 4.99 Å². The Morgan fingerprint density at radius 1 is 1.20 bits per heavy atom. The van der Waals surface area contributed by atoms with E-state index in [1.54, 1.807) is 6.20 Å². The second-order valence-corrected chi connectivity index (χ2v) is 9.80. The van der Waals surface area contributed by atoms with E-state index >= 15 is 0 Å². The predicted octanol–water partition coefficient (Wildman–Crippen LogP) is 3.42. The minimum Gasteiger partial charge on any atom is -0.314 e. The number of allylic oxidation sites excluding steroid dienone is 1. The molecule has 0 aromatic heterocycles. The fraction of sp³-hybridized carbons (Fsp3) is 0.536. The number of likely N-dealkylation sites (N-methyl/N-ethyl adjacent to an activating group) is 1. The number of Topliss-reactive ketones (excluding diaryl/α,β-unsaturated/α-hetero) is 1. The molecule has 0 amide bonds. The predicted molar refractivity (Wildman–Crippen MR) is 145 cm³/mol. The summed E-state index contributed by atoms with van der Waals surface area (Å²) in [7, 11) is 2.17. The van der Waals surface area contributed by atoms with Gasteiger partial charge in [-0.2, -0.15) is 0 Å². The number of piperazine rings is 1. The molecule has 0 radical (unpaired) electrons. The first-order valence-corrected chi connectivity index (χ1v) is 13.0. The van der Waals surface area contributed by atoms with Crippen LogP contribution in [0.15, 0.2) is 57.3 Å². The van der Waals surface area contributed by atoms with Gasteiger partial charge in [-0.25, -0.2) is 0 Å². The number of aliphatic imine (C=N–C) groups is 2. The minimum absolute atomic E-state index is 0.0473. The van der Waals surface area contributed by atoms with Crippen molar-refractivity contribution in [2.45, 2.75) is 45.6 Å². The van der Waals surface area contributed by atoms with E-state index in [2.05, 4.69) is 76.9 Å². The van der Waals surface area contributed by atoms with E-state index in [0.29, 0.717) is 24.0 Å². The van der Waals surface area contributed by atoms with Crippen molar-refractivity contribution in [2.24, 2.45) is 9.98 Å². The molecule has 35 heavy (non-hydrogen) atoms. The number of aryl methyl sites for hydroxylation is 1. The summed E-state index contributed by atoms with van der Waals surface area (Å²) in [6.45, 7) is 14.7. The highest BCUT2D eigenvalue weighted by molar-refractivity contribution is 6.34. The first kappa shape index (κ1) is 25.5. The van der Waals surface area contributed by atoms with Gasteiger partial charge in [0.25, 0.3) is 0 Å². The standard InChI is InChI=1S/C28H40N6O/c1-5-25-23(19-22-10-8-12-30-22)27(35)24(20-29-3)28(34(25)26-11-7-6-9-21(26)2)31-13-14-33-17-15-32(4)16-18-33/h6-7,9,11,20,22,30H,3,5,8,10,12-19H2,1-2,4H3/b24-20-,31-28?. The van der Waals surface area contributed by atoms with Crippen LogP contribution >= 0.6 is 0 Å². The normalized spacial score (nSPS) is 24.7. The second kappa shape index (κ2) is 11.9. The third-order valence-corrected chi connectivity index (χ3v) is 7.39. The van der Waals surface area contributed by atoms with Crippen molar-refractivity contribution in [1.29, 1.82) is 0 Å². The zero-order valence-electron chi connectivity index (χ0n) is 21.6. The number of para-hydroxylation sites is 1. The molecular weight excluding hydrogens is 436 g/mol. The van der Waals surface area contributed by atoms with Crippen molar-refractivity contribution >= 4 is 24.0 Å². The number of rotatable bonds is 8. The molecule has 1 atom stereocenters. The summed E-state index contributed by atoms with van der Waals surface area (Å²) in [5.41, 5.74) is 4.71. The Morgan fingerprint density at radius 3 is 2.63 bits per heavy atom. The van der Waals surface area contributed by atoms with Crippen molar-refractivity contribution < 1.29 is 4.79 Å². The van der Waals surface area contributed by atoms with Crippen LogP contribution in [-0.2, 0) is 4.79 Å². The summed E-state index contributed by atoms with van der Waals surface area (Å²) < 4.78 is 0. The molecule has 3 aliphatic rings. The Bertz CT molecular complexity index is 1010. The van der Waals surface area contributed by atoms with E-state index in [-0.39, 0.29) is 5.78 Å². The van der Waals surface area contributed by atoms with Gasteiger partial charge in [0.05, 0.1) is 17.8 Å². The largest absolute Gasteiger partial charge is 0.314 e. The van der Waals surface area contributed by atoms with Crippen molar-refractivity contribution in [3.63, 3.8) is 0 Å². The topological polar surface area (TPSA) is 63.5 Å². The van der Waals surface area contributed by atoms with Gasteiger partial charge in [-0.05, 0) is 64.5 Å². The number of amidine groups is 1. The number of carbonyl (C=O) groups excluding carboxylic acids is 1. The molecule has 188 valence electrons. The first-order chi connectivity index (χ1) is 17.0. The van der Waals surface area contributed by atoms with E-state index in [1.807, 2.05) is 0 Å². The fourth-order valence-electron chi connectivity index (χ4n) is 5.34. The Labute approximate surface area is 210 Å². The molecule has 2 saturated heterocycles. The lowest BCUT2D eigenvalue weighted by Gasteiger charge is -2.37. The summed E-state index contributed by atoms with van der Waals surface area (Å²) in [6.07, 6.45) is 5.35. The first-order valence-electron chi connectivity index (χ1n) is 13.0. The quantitative estimate of drug-likeness (QED) is 0.460. The molecule has 7 heteroatoms. The van der Waals surface area contributed by atoms with Crippen molar-refractivity contribution in [2.75, 3.05) is 57.8 Å². The minimum atomic E-state index is 0.0473. The fourth-order valence-corrected chi connectivity index (χ4v) is 5.34. The zero-order chi connectivity index (χ0) is 24.8. The third kappa shape index (κ3) is 5.80. The molecule has 7 nitrogen and oxygen atoms in total. The van der Waals surface area contributed by atoms with Crippen LogP contribution in [0.1, 0.15) is 38.2 Å². The summed E-state index contributed by atoms with van der Waals surface area (Å²) in [4.78, 5) is 30.0. The summed E-state index contributed by atoms with van der Waals surface area (Å²) in [5.74, 6) is 0.747. The molecule has 3 heterocycles. The average Bonchev–Trinajstić information content (AvgIpc) is 3.37. The molecule has 2 fully saturated rings. The zero-order valence-corrected chi connectivity index (χ0v) is 21.6. The van der Waals surface area contributed by atoms with Gasteiger partial charge < -0.3 is 10.2 Å². The van der Waals surface area contributed by atoms with Crippen LogP contribution in [0.3, 0.4) is 0 Å². The van der Waals surface area contributed by atoms with Gasteiger partial charge >= 0.3 is 0 Å². The number of hydrogen-bond acceptors (Lipinski definition) is 6. The van der Waals surface area contributed by atoms with Crippen LogP contribution in [0.2, 0.25) is 0 Å². The number of hydrogen-bond donors (Lipinski definition) is 1. The number of anilines is 1. The maximum Gasteiger partial charge on any atom is 0.196 e. The van der Waals surface area contributed by atoms with Crippen molar-refractivity contribution in [3.8, 4) is 0 Å². The van der Waals surface area contributed by atoms with Gasteiger partial charge in [0.2, 0.25) is 0 Å². The van der Waals surface area contributed by atoms with E-state index < -0.39 is 0 Å². The molecule has 4 rings (SSSR count). The number of nitrogens with zero attached hydrogens (tertiary/aromatic N) is 5. The Balaban J connectivity index is 1.74. The maximum absolute atomic E-state index is 13.9. The van der Waals surface area contributed by atoms with E-state index in [9.17, 15) is 4.79 Å². The molecule has 1 unspecified atom stereocenters. The van der Waals surface area contributed by atoms with Gasteiger partial charge in [-0.1, -0.05) is 25.1 Å². The number of nitrogens with one attached hydrogen (secondary N) is 1. The number of ketones is 1. The molecular formula is C28H40N6O. The number of benzene rings is 1. The van der Waals surface area contributed by atoms with Gasteiger partial charge in [0, 0.05) is 56.2 Å². The highest BCUT2D eigenvalue weighted by Crippen LogP contribution is 2.36. The smallest absolute Gasteiger partial charge is 0.196 e. The Hall–Kier alpha value is -2.61. The van der Waals surface area contributed by atoms with E-state index in [1.165, 1.54) is 0 Å². The number of carbonyl (C=O) groups is 1. The summed E-state index contributed by atoms with van der Waals surface area (Å²) >= 11 is 0. The van der Waals surface area contributed by atoms with Crippen LogP contribution in [-0.4, -0.2) is 87.0 Å². The van der Waals surface area contributed by atoms with Crippen molar-refractivity contribution in [1.82, 2.24) is 15.1 Å². The van der Waals surface area contributed by atoms with Crippen LogP contribution in [0.5, 0.6) is 0 Å². The lowest BCUT2D eigenvalue weighted by molar-refractivity contribution is -0.112. The lowest BCUT2D eigenvalue weighted by Crippen LogP contribution is -2.45. The second-order valence-electron chi connectivity index (χ2n) is 9.80. The highest BCUT2D eigenvalue weighted by atomic mass is 16.1. The highest BCUT2D eigenvalue weighted by Gasteiger charge is 2.37. The van der Waals surface area contributed by atoms with Crippen LogP contribution in [0, 0.1) is 6.92 Å². The van der Waals surface area contributed by atoms with Gasteiger partial charge in [0.15, 0.2) is 5.78 Å². The Morgan fingerprint density at radius 2 is 1.97 bits per heavy atom. The third-order valence-electron chi connectivity index (χ3n) is 7.39. The monoisotopic (exact) mass is 476 g/mol. The SMILES string of the molecule is C=N/C=C1/C(=O)C(CC2CCCN2)=C(CC)N(c2ccccc2C)C1=NCCN1CCN(C)CC1. The van der Waals surface area contributed by atoms with Gasteiger partial charge in [-0.3, -0.25) is 24.6 Å². The van der Waals surface area contributed by atoms with E-state index in [0.717, 1.165) is 87.5 Å². The molecule has 0 bridgehead atoms. The average molecular weight is 477 g/mol. The molecule has 0 saturated carbocycles. The molecule has 1 aromatic carbocycles. The summed E-state index contributed by atoms with van der Waals surface area (Å²) in [5, 5.41) is 3.57. The molecule has 1 aromatic rings. The van der Waals surface area contributed by atoms with Crippen LogP contribution in [0.25, 0.3) is 0 Å². The van der Waals surface area contributed by atoms with Gasteiger partial charge in [-0.15, -0.1) is 0 Å². The molecule has 0 spiro atoms.